The van der Waals surface area contributed by atoms with Gasteiger partial charge in [-0.25, -0.2) is 0 Å². The van der Waals surface area contributed by atoms with E-state index in [9.17, 15) is 62.6 Å². The van der Waals surface area contributed by atoms with Gasteiger partial charge in [0.05, 0.1) is 36.7 Å². The topological polar surface area (TPSA) is 257 Å². The van der Waals surface area contributed by atoms with E-state index in [1.165, 1.54) is 68.7 Å². The van der Waals surface area contributed by atoms with Gasteiger partial charge < -0.3 is 39.8 Å². The van der Waals surface area contributed by atoms with Crippen molar-refractivity contribution in [3.05, 3.63) is 35.9 Å². The second-order valence-corrected chi connectivity index (χ2v) is 27.0. The molecule has 11 atom stereocenters. The minimum absolute atomic E-state index is 0.0468. The number of amides is 7. The zero-order valence-corrected chi connectivity index (χ0v) is 55.6. The molecule has 0 unspecified atom stereocenters. The Hall–Kier alpha value is -6.18. The van der Waals surface area contributed by atoms with Gasteiger partial charge in [-0.1, -0.05) is 99.6 Å². The van der Waals surface area contributed by atoms with Crippen LogP contribution in [0.5, 0.6) is 0 Å². The molecular weight excluding hydrogens is 1110 g/mol. The largest absolute Gasteiger partial charge is 0.393 e. The number of benzene rings is 1. The molecule has 2 aliphatic heterocycles. The van der Waals surface area contributed by atoms with Crippen molar-refractivity contribution >= 4 is 70.3 Å². The van der Waals surface area contributed by atoms with Crippen molar-refractivity contribution in [2.75, 3.05) is 54.9 Å². The van der Waals surface area contributed by atoms with Gasteiger partial charge in [-0.2, -0.15) is 0 Å². The van der Waals surface area contributed by atoms with Crippen LogP contribution >= 0.6 is 0 Å². The molecule has 2 heterocycles. The highest BCUT2D eigenvalue weighted by Crippen LogP contribution is 2.28. The molecule has 0 saturated carbocycles. The lowest BCUT2D eigenvalue weighted by atomic mass is 9.86. The lowest BCUT2D eigenvalue weighted by Gasteiger charge is -2.35. The summed E-state index contributed by atoms with van der Waals surface area (Å²) in [5.74, 6) is -11.7. The van der Waals surface area contributed by atoms with Crippen molar-refractivity contribution in [1.82, 2.24) is 34.7 Å². The number of aliphatic hydroxyl groups excluding tert-OH is 1. The third-order valence-corrected chi connectivity index (χ3v) is 17.6. The Morgan fingerprint density at radius 2 is 1.10 bits per heavy atom. The third kappa shape index (κ3) is 22.4. The average molecular weight is 1220 g/mol. The van der Waals surface area contributed by atoms with Crippen molar-refractivity contribution in [2.45, 2.75) is 209 Å². The predicted molar refractivity (Wildman–Crippen MR) is 333 cm³/mol. The number of hydrogen-bond donors (Lipinski definition) is 2. The SMILES string of the molecule is CC(C)C[C@@H]1CC(=O)[C@H](CC(C)C)N(C)C(=O)[C@H](C)CC(=O)[C@H](C(C)C)N(C)C(=O)[C@H](Cc2ccccc2)CC(=O)CN(C)C(=O)[C@H]([C@@H](C)O)CC(=O)[C@H](C)N(C)C(=O)[C@H](CC(C)C)N(C)C(=O)[C@@H](C)CCC(=O)C[C@@H](C(=O)N2CCCCC2)NC1=O. The molecule has 0 radical (unpaired) electrons. The van der Waals surface area contributed by atoms with Crippen LogP contribution in [0.3, 0.4) is 0 Å². The number of ketones is 5. The highest BCUT2D eigenvalue weighted by Gasteiger charge is 2.41. The summed E-state index contributed by atoms with van der Waals surface area (Å²) in [5.41, 5.74) is 0.736. The maximum atomic E-state index is 14.8. The van der Waals surface area contributed by atoms with Gasteiger partial charge in [0.25, 0.3) is 0 Å². The summed E-state index contributed by atoms with van der Waals surface area (Å²) in [6.07, 6.45) is -0.0543. The number of piperidine rings is 1. The van der Waals surface area contributed by atoms with E-state index in [2.05, 4.69) is 5.32 Å². The number of aliphatic hydroxyl groups is 1. The van der Waals surface area contributed by atoms with E-state index in [0.29, 0.717) is 13.1 Å². The number of Topliss-reactive ketones (excluding diaryl/α,β-unsaturated/α-hetero) is 5. The first kappa shape index (κ1) is 75.1. The van der Waals surface area contributed by atoms with Crippen molar-refractivity contribution in [1.29, 1.82) is 0 Å². The number of likely N-dealkylation sites (tertiary alicyclic amines) is 1. The molecular formula is C67H107N7O13. The second-order valence-electron chi connectivity index (χ2n) is 27.0. The fourth-order valence-corrected chi connectivity index (χ4v) is 12.3. The Kier molecular flexibility index (Phi) is 30.3. The minimum atomic E-state index is -1.37. The van der Waals surface area contributed by atoms with E-state index >= 15 is 0 Å². The molecule has 20 nitrogen and oxygen atoms in total. The summed E-state index contributed by atoms with van der Waals surface area (Å²) in [7, 11) is 7.27. The number of nitrogens with one attached hydrogen (secondary N) is 1. The molecule has 0 spiro atoms. The predicted octanol–water partition coefficient (Wildman–Crippen LogP) is 6.40. The van der Waals surface area contributed by atoms with Gasteiger partial charge >= 0.3 is 0 Å². The average Bonchev–Trinajstić information content (AvgIpc) is 2.41. The Labute approximate surface area is 519 Å². The molecule has 0 bridgehead atoms. The van der Waals surface area contributed by atoms with E-state index in [0.717, 1.165) is 29.7 Å². The van der Waals surface area contributed by atoms with Crippen LogP contribution in [0.25, 0.3) is 0 Å². The molecule has 1 aromatic rings. The number of carbonyl (C=O) groups excluding carboxylic acids is 12. The maximum absolute atomic E-state index is 14.8. The quantitative estimate of drug-likeness (QED) is 0.244. The first-order valence-corrected chi connectivity index (χ1v) is 31.8. The molecule has 0 aliphatic carbocycles. The zero-order valence-electron chi connectivity index (χ0n) is 55.6. The highest BCUT2D eigenvalue weighted by molar-refractivity contribution is 5.99. The lowest BCUT2D eigenvalue weighted by molar-refractivity contribution is -0.150. The summed E-state index contributed by atoms with van der Waals surface area (Å²) in [5, 5.41) is 13.9. The fraction of sp³-hybridized carbons (Fsp3) is 0.731. The first-order chi connectivity index (χ1) is 40.6. The third-order valence-electron chi connectivity index (χ3n) is 17.6. The van der Waals surface area contributed by atoms with Gasteiger partial charge in [-0.15, -0.1) is 0 Å². The normalized spacial score (nSPS) is 27.4. The highest BCUT2D eigenvalue weighted by atomic mass is 16.3. The summed E-state index contributed by atoms with van der Waals surface area (Å²) in [6.45, 7) is 21.4. The Morgan fingerprint density at radius 1 is 0.552 bits per heavy atom. The molecule has 7 amide bonds. The molecule has 3 rings (SSSR count). The van der Waals surface area contributed by atoms with E-state index in [4.69, 9.17) is 0 Å². The van der Waals surface area contributed by atoms with Gasteiger partial charge in [0.1, 0.15) is 17.9 Å². The van der Waals surface area contributed by atoms with Crippen molar-refractivity contribution < 1.29 is 62.6 Å². The van der Waals surface area contributed by atoms with Crippen LogP contribution in [-0.2, 0) is 64.0 Å². The Morgan fingerprint density at radius 3 is 1.66 bits per heavy atom. The Bertz CT molecular complexity index is 2540. The van der Waals surface area contributed by atoms with E-state index < -0.39 is 143 Å². The van der Waals surface area contributed by atoms with Crippen LogP contribution < -0.4 is 5.32 Å². The van der Waals surface area contributed by atoms with Crippen LogP contribution in [0.4, 0.5) is 0 Å². The molecule has 0 aromatic heterocycles. The number of carbonyl (C=O) groups is 12. The number of hydrogen-bond acceptors (Lipinski definition) is 13. The van der Waals surface area contributed by atoms with Crippen LogP contribution in [0, 0.1) is 53.3 Å². The molecule has 488 valence electrons. The van der Waals surface area contributed by atoms with Crippen molar-refractivity contribution in [3.8, 4) is 0 Å². The number of nitrogens with zero attached hydrogens (tertiary/aromatic N) is 6. The van der Waals surface area contributed by atoms with E-state index in [1.54, 1.807) is 44.7 Å². The van der Waals surface area contributed by atoms with Gasteiger partial charge in [0.15, 0.2) is 23.1 Å². The number of rotatable bonds is 11. The van der Waals surface area contributed by atoms with Gasteiger partial charge in [-0.05, 0) is 94.4 Å². The first-order valence-electron chi connectivity index (χ1n) is 31.8. The van der Waals surface area contributed by atoms with Crippen LogP contribution in [0.15, 0.2) is 30.3 Å². The molecule has 20 heteroatoms. The van der Waals surface area contributed by atoms with Gasteiger partial charge in [0, 0.05) is 111 Å². The van der Waals surface area contributed by atoms with Gasteiger partial charge in [0.2, 0.25) is 41.4 Å². The molecule has 2 aliphatic rings. The lowest BCUT2D eigenvalue weighted by Crippen LogP contribution is -2.53. The zero-order chi connectivity index (χ0) is 65.9. The molecule has 2 fully saturated rings. The summed E-state index contributed by atoms with van der Waals surface area (Å²) in [6, 6.07) is 3.54. The molecule has 2 saturated heterocycles. The Balaban J connectivity index is 2.18. The molecule has 1 aromatic carbocycles. The maximum Gasteiger partial charge on any atom is 0.245 e. The minimum Gasteiger partial charge on any atom is -0.393 e. The van der Waals surface area contributed by atoms with E-state index in [-0.39, 0.29) is 93.5 Å². The fourth-order valence-electron chi connectivity index (χ4n) is 12.3. The number of likely N-dealkylation sites (N-methyl/N-ethyl adjacent to an activating group) is 5. The molecule has 2 N–H and O–H groups in total. The summed E-state index contributed by atoms with van der Waals surface area (Å²) < 4.78 is 0. The smallest absolute Gasteiger partial charge is 0.245 e. The van der Waals surface area contributed by atoms with Gasteiger partial charge in [-0.3, -0.25) is 57.5 Å². The summed E-state index contributed by atoms with van der Waals surface area (Å²) >= 11 is 0. The summed E-state index contributed by atoms with van der Waals surface area (Å²) in [4.78, 5) is 181. The monoisotopic (exact) mass is 1220 g/mol. The van der Waals surface area contributed by atoms with Crippen molar-refractivity contribution in [3.63, 3.8) is 0 Å². The van der Waals surface area contributed by atoms with Crippen LogP contribution in [-0.4, -0.2) is 196 Å². The molecule has 87 heavy (non-hydrogen) atoms. The van der Waals surface area contributed by atoms with Crippen LogP contribution in [0.2, 0.25) is 0 Å². The van der Waals surface area contributed by atoms with Crippen molar-refractivity contribution in [2.24, 2.45) is 53.3 Å². The second kappa shape index (κ2) is 35.1. The van der Waals surface area contributed by atoms with E-state index in [1.807, 2.05) is 59.7 Å². The standard InChI is InChI=1S/C67H107N7O13/c1-40(2)30-49-36-58(79)55(31-41(3)4)71(15)63(83)45(10)33-59(80)60(43(7)8)73(17)64(84)50(34-48-24-20-18-21-25-48)35-52(77)39-69(13)65(85)53(47(12)75)38-57(78)46(11)70(14)67(87)56(32-42(5)6)72(16)62(82)44(9)26-27-51(76)37-54(68-61(49)81)66(86)74-28-22-19-23-29-74/h18,20-21,24-25,40-47,49-50,53-56,60,75H,19,22-23,26-39H2,1-17H3,(H,68,81)/t44-,45+,46-,47+,49+,50+,53-,54-,55-,56-,60-/m0/s1. The van der Waals surface area contributed by atoms with Crippen LogP contribution in [0.1, 0.15) is 172 Å².